The van der Waals surface area contributed by atoms with Crippen LogP contribution in [0, 0.1) is 10.1 Å². The van der Waals surface area contributed by atoms with E-state index < -0.39 is 0 Å². The van der Waals surface area contributed by atoms with E-state index in [1.165, 1.54) is 6.33 Å². The van der Waals surface area contributed by atoms with Gasteiger partial charge in [0.2, 0.25) is 11.6 Å². The number of hydrogen-bond acceptors (Lipinski definition) is 8. The summed E-state index contributed by atoms with van der Waals surface area (Å²) in [6.07, 6.45) is 3.53. The number of rotatable bonds is 5. The highest BCUT2D eigenvalue weighted by Crippen LogP contribution is 2.36. The van der Waals surface area contributed by atoms with Crippen LogP contribution in [-0.4, -0.2) is 61.3 Å². The van der Waals surface area contributed by atoms with Crippen molar-refractivity contribution in [2.24, 2.45) is 0 Å². The molecule has 0 N–H and O–H groups in total. The standard InChI is InChI=1S/C19H24N6O3/c1-28-16-6-4-15(5-7-16)22-10-12-24(13-11-22)19-17(25(26)27)18(20-14-21-19)23-8-2-3-9-23/h4-7,14H,2-3,8-13H2,1H3. The van der Waals surface area contributed by atoms with Crippen LogP contribution >= 0.6 is 0 Å². The van der Waals surface area contributed by atoms with Crippen LogP contribution in [0.4, 0.5) is 23.0 Å². The van der Waals surface area contributed by atoms with Gasteiger partial charge in [-0.2, -0.15) is 0 Å². The van der Waals surface area contributed by atoms with Crippen molar-refractivity contribution < 1.29 is 9.66 Å². The molecule has 2 aliphatic rings. The molecule has 9 nitrogen and oxygen atoms in total. The molecular weight excluding hydrogens is 360 g/mol. The Morgan fingerprint density at radius 1 is 0.893 bits per heavy atom. The Morgan fingerprint density at radius 3 is 1.96 bits per heavy atom. The molecule has 0 saturated carbocycles. The summed E-state index contributed by atoms with van der Waals surface area (Å²) >= 11 is 0. The first-order chi connectivity index (χ1) is 13.7. The molecule has 0 aliphatic carbocycles. The summed E-state index contributed by atoms with van der Waals surface area (Å²) in [4.78, 5) is 26.3. The van der Waals surface area contributed by atoms with Gasteiger partial charge in [0, 0.05) is 45.0 Å². The number of piperazine rings is 1. The zero-order valence-electron chi connectivity index (χ0n) is 16.0. The summed E-state index contributed by atoms with van der Waals surface area (Å²) < 4.78 is 5.21. The first kappa shape index (κ1) is 18.3. The lowest BCUT2D eigenvalue weighted by Crippen LogP contribution is -2.47. The maximum atomic E-state index is 11.8. The maximum Gasteiger partial charge on any atom is 0.353 e. The van der Waals surface area contributed by atoms with E-state index in [1.807, 2.05) is 34.1 Å². The number of anilines is 3. The highest BCUT2D eigenvalue weighted by atomic mass is 16.6. The summed E-state index contributed by atoms with van der Waals surface area (Å²) in [6.45, 7) is 4.50. The molecule has 28 heavy (non-hydrogen) atoms. The first-order valence-corrected chi connectivity index (χ1v) is 9.55. The predicted molar refractivity (Wildman–Crippen MR) is 108 cm³/mol. The summed E-state index contributed by atoms with van der Waals surface area (Å²) in [5.41, 5.74) is 1.15. The number of hydrogen-bond donors (Lipinski definition) is 0. The van der Waals surface area contributed by atoms with Crippen LogP contribution in [0.15, 0.2) is 30.6 Å². The Balaban J connectivity index is 1.52. The van der Waals surface area contributed by atoms with Gasteiger partial charge >= 0.3 is 5.69 Å². The molecule has 0 unspecified atom stereocenters. The normalized spacial score (nSPS) is 17.1. The van der Waals surface area contributed by atoms with Crippen LogP contribution < -0.4 is 19.4 Å². The molecule has 148 valence electrons. The summed E-state index contributed by atoms with van der Waals surface area (Å²) in [6, 6.07) is 7.96. The van der Waals surface area contributed by atoms with E-state index in [0.717, 1.165) is 50.5 Å². The van der Waals surface area contributed by atoms with Crippen LogP contribution in [0.2, 0.25) is 0 Å². The fraction of sp³-hybridized carbons (Fsp3) is 0.474. The van der Waals surface area contributed by atoms with Gasteiger partial charge in [-0.1, -0.05) is 0 Å². The largest absolute Gasteiger partial charge is 0.497 e. The van der Waals surface area contributed by atoms with E-state index in [4.69, 9.17) is 4.74 Å². The van der Waals surface area contributed by atoms with Gasteiger partial charge in [0.25, 0.3) is 0 Å². The molecule has 1 aromatic carbocycles. The molecule has 2 aliphatic heterocycles. The Labute approximate surface area is 163 Å². The maximum absolute atomic E-state index is 11.8. The molecule has 9 heteroatoms. The molecule has 4 rings (SSSR count). The van der Waals surface area contributed by atoms with Crippen molar-refractivity contribution in [1.82, 2.24) is 9.97 Å². The van der Waals surface area contributed by atoms with Crippen LogP contribution in [0.25, 0.3) is 0 Å². The van der Waals surface area contributed by atoms with Crippen LogP contribution in [0.5, 0.6) is 5.75 Å². The highest BCUT2D eigenvalue weighted by molar-refractivity contribution is 5.72. The third-order valence-corrected chi connectivity index (χ3v) is 5.39. The van der Waals surface area contributed by atoms with E-state index >= 15 is 0 Å². The number of benzene rings is 1. The number of nitro groups is 1. The quantitative estimate of drug-likeness (QED) is 0.573. The molecule has 2 fully saturated rings. The number of aromatic nitrogens is 2. The van der Waals surface area contributed by atoms with Gasteiger partial charge in [0.1, 0.15) is 12.1 Å². The second kappa shape index (κ2) is 7.87. The lowest BCUT2D eigenvalue weighted by molar-refractivity contribution is -0.383. The Morgan fingerprint density at radius 2 is 1.43 bits per heavy atom. The van der Waals surface area contributed by atoms with Crippen LogP contribution in [0.3, 0.4) is 0 Å². The fourth-order valence-corrected chi connectivity index (χ4v) is 3.89. The Hall–Kier alpha value is -3.10. The van der Waals surface area contributed by atoms with Gasteiger partial charge in [-0.15, -0.1) is 0 Å². The molecular formula is C19H24N6O3. The summed E-state index contributed by atoms with van der Waals surface area (Å²) in [5, 5.41) is 11.8. The van der Waals surface area contributed by atoms with Gasteiger partial charge < -0.3 is 19.4 Å². The zero-order valence-corrected chi connectivity index (χ0v) is 16.0. The topological polar surface area (TPSA) is 87.9 Å². The number of nitrogens with zero attached hydrogens (tertiary/aromatic N) is 6. The summed E-state index contributed by atoms with van der Waals surface area (Å²) in [7, 11) is 1.65. The van der Waals surface area contributed by atoms with E-state index in [2.05, 4.69) is 14.9 Å². The minimum absolute atomic E-state index is 0.0299. The molecule has 2 saturated heterocycles. The second-order valence-corrected chi connectivity index (χ2v) is 6.99. The van der Waals surface area contributed by atoms with Crippen molar-refractivity contribution in [3.05, 3.63) is 40.7 Å². The lowest BCUT2D eigenvalue weighted by atomic mass is 10.2. The minimum Gasteiger partial charge on any atom is -0.497 e. The SMILES string of the molecule is COc1ccc(N2CCN(c3ncnc(N4CCCC4)c3[N+](=O)[O-])CC2)cc1. The average molecular weight is 384 g/mol. The number of methoxy groups -OCH3 is 1. The summed E-state index contributed by atoms with van der Waals surface area (Å²) in [5.74, 6) is 1.70. The van der Waals surface area contributed by atoms with Crippen molar-refractivity contribution in [1.29, 1.82) is 0 Å². The van der Waals surface area contributed by atoms with E-state index in [9.17, 15) is 10.1 Å². The predicted octanol–water partition coefficient (Wildman–Crippen LogP) is 2.32. The highest BCUT2D eigenvalue weighted by Gasteiger charge is 2.32. The molecule has 3 heterocycles. The second-order valence-electron chi connectivity index (χ2n) is 6.99. The minimum atomic E-state index is -0.334. The molecule has 0 spiro atoms. The van der Waals surface area contributed by atoms with E-state index in [-0.39, 0.29) is 10.6 Å². The molecule has 0 bridgehead atoms. The lowest BCUT2D eigenvalue weighted by Gasteiger charge is -2.36. The molecule has 0 radical (unpaired) electrons. The van der Waals surface area contributed by atoms with Crippen molar-refractivity contribution in [3.8, 4) is 5.75 Å². The van der Waals surface area contributed by atoms with Crippen molar-refractivity contribution >= 4 is 23.0 Å². The van der Waals surface area contributed by atoms with E-state index in [1.54, 1.807) is 7.11 Å². The molecule has 0 atom stereocenters. The molecule has 1 aromatic heterocycles. The number of ether oxygens (including phenoxy) is 1. The third kappa shape index (κ3) is 3.51. The smallest absolute Gasteiger partial charge is 0.353 e. The fourth-order valence-electron chi connectivity index (χ4n) is 3.89. The van der Waals surface area contributed by atoms with Crippen molar-refractivity contribution in [2.75, 3.05) is 61.1 Å². The van der Waals surface area contributed by atoms with Gasteiger partial charge in [-0.05, 0) is 37.1 Å². The monoisotopic (exact) mass is 384 g/mol. The Kier molecular flexibility index (Phi) is 5.14. The van der Waals surface area contributed by atoms with Gasteiger partial charge in [0.05, 0.1) is 12.0 Å². The van der Waals surface area contributed by atoms with Crippen molar-refractivity contribution in [2.45, 2.75) is 12.8 Å². The average Bonchev–Trinajstić information content (AvgIpc) is 3.28. The molecule has 0 amide bonds. The van der Waals surface area contributed by atoms with Gasteiger partial charge in [0.15, 0.2) is 0 Å². The van der Waals surface area contributed by atoms with Crippen molar-refractivity contribution in [3.63, 3.8) is 0 Å². The van der Waals surface area contributed by atoms with Crippen LogP contribution in [-0.2, 0) is 0 Å². The Bertz CT molecular complexity index is 830. The first-order valence-electron chi connectivity index (χ1n) is 9.55. The van der Waals surface area contributed by atoms with Crippen LogP contribution in [0.1, 0.15) is 12.8 Å². The third-order valence-electron chi connectivity index (χ3n) is 5.39. The van der Waals surface area contributed by atoms with Gasteiger partial charge in [-0.3, -0.25) is 10.1 Å². The zero-order chi connectivity index (χ0) is 19.5. The molecule has 2 aromatic rings. The van der Waals surface area contributed by atoms with Gasteiger partial charge in [-0.25, -0.2) is 9.97 Å². The van der Waals surface area contributed by atoms with E-state index in [0.29, 0.717) is 24.7 Å².